The highest BCUT2D eigenvalue weighted by Crippen LogP contribution is 2.72. The number of nitriles is 1. The fraction of sp³-hybridized carbons (Fsp3) is 0.526. The van der Waals surface area contributed by atoms with Crippen LogP contribution in [0, 0.1) is 16.7 Å². The number of aliphatic hydroxyl groups is 1. The molecule has 1 fully saturated rings. The summed E-state index contributed by atoms with van der Waals surface area (Å²) < 4.78 is 23.4. The number of ether oxygens (including phenoxy) is 4. The van der Waals surface area contributed by atoms with E-state index in [9.17, 15) is 5.11 Å². The lowest BCUT2D eigenvalue weighted by molar-refractivity contribution is -0.183. The summed E-state index contributed by atoms with van der Waals surface area (Å²) in [5, 5.41) is 19.0. The van der Waals surface area contributed by atoms with Crippen molar-refractivity contribution in [2.75, 3.05) is 13.2 Å². The number of nitrogens with zero attached hydrogens (tertiary/aromatic N) is 1. The van der Waals surface area contributed by atoms with Crippen molar-refractivity contribution in [1.29, 1.82) is 5.26 Å². The zero-order valence-electron chi connectivity index (χ0n) is 14.5. The third-order valence-electron chi connectivity index (χ3n) is 4.59. The standard InChI is InChI=1S/C19H23NO5/c1-3-22-16-17(23-4-2)25-19(13-18(16,19)10-15(21)11-20)24-12-14-8-6-5-7-9-14/h5-9,15,21H,3-4,10,12-13H2,1-2H3/t15-,18?,19?/m1/s1. The molecule has 3 rings (SSSR count). The lowest BCUT2D eigenvalue weighted by Gasteiger charge is -2.20. The van der Waals surface area contributed by atoms with Crippen molar-refractivity contribution in [2.24, 2.45) is 5.41 Å². The second-order valence-corrected chi connectivity index (χ2v) is 6.22. The lowest BCUT2D eigenvalue weighted by atomic mass is 9.96. The van der Waals surface area contributed by atoms with Gasteiger partial charge in [0.15, 0.2) is 5.76 Å². The van der Waals surface area contributed by atoms with Crippen molar-refractivity contribution >= 4 is 0 Å². The number of hydrogen-bond acceptors (Lipinski definition) is 6. The maximum Gasteiger partial charge on any atom is 0.322 e. The summed E-state index contributed by atoms with van der Waals surface area (Å²) in [4.78, 5) is 0. The molecule has 1 aromatic carbocycles. The van der Waals surface area contributed by atoms with Gasteiger partial charge in [0.2, 0.25) is 5.79 Å². The molecular formula is C19H23NO5. The lowest BCUT2D eigenvalue weighted by Crippen LogP contribution is -2.26. The first-order valence-electron chi connectivity index (χ1n) is 8.55. The van der Waals surface area contributed by atoms with Crippen LogP contribution in [-0.2, 0) is 25.6 Å². The molecule has 0 aromatic heterocycles. The second-order valence-electron chi connectivity index (χ2n) is 6.22. The smallest absolute Gasteiger partial charge is 0.322 e. The van der Waals surface area contributed by atoms with Crippen LogP contribution in [0.2, 0.25) is 0 Å². The van der Waals surface area contributed by atoms with Crippen LogP contribution in [0.1, 0.15) is 32.3 Å². The largest absolute Gasteiger partial charge is 0.490 e. The molecular weight excluding hydrogens is 322 g/mol. The number of benzene rings is 1. The molecule has 1 aliphatic carbocycles. The van der Waals surface area contributed by atoms with Crippen molar-refractivity contribution in [3.63, 3.8) is 0 Å². The Morgan fingerprint density at radius 2 is 1.96 bits per heavy atom. The predicted octanol–water partition coefficient (Wildman–Crippen LogP) is 2.84. The minimum Gasteiger partial charge on any atom is -0.490 e. The van der Waals surface area contributed by atoms with E-state index in [2.05, 4.69) is 0 Å². The van der Waals surface area contributed by atoms with Gasteiger partial charge in [0.25, 0.3) is 0 Å². The SMILES string of the molecule is CCOC1=C(OCC)C2(C[C@@H](O)C#N)CC2(OCc2ccccc2)O1. The van der Waals surface area contributed by atoms with Crippen molar-refractivity contribution in [2.45, 2.75) is 45.2 Å². The van der Waals surface area contributed by atoms with Crippen LogP contribution in [0.25, 0.3) is 0 Å². The van der Waals surface area contributed by atoms with Gasteiger partial charge in [-0.2, -0.15) is 5.26 Å². The molecule has 1 N–H and O–H groups in total. The zero-order valence-corrected chi connectivity index (χ0v) is 14.5. The number of fused-ring (bicyclic) bond motifs is 1. The molecule has 0 radical (unpaired) electrons. The number of aliphatic hydroxyl groups excluding tert-OH is 1. The van der Waals surface area contributed by atoms with Gasteiger partial charge in [-0.1, -0.05) is 30.3 Å². The zero-order chi connectivity index (χ0) is 17.9. The average molecular weight is 345 g/mol. The third-order valence-corrected chi connectivity index (χ3v) is 4.59. The molecule has 0 bridgehead atoms. The number of hydrogen-bond donors (Lipinski definition) is 1. The van der Waals surface area contributed by atoms with Crippen LogP contribution in [0.5, 0.6) is 0 Å². The topological polar surface area (TPSA) is 80.9 Å². The van der Waals surface area contributed by atoms with E-state index >= 15 is 0 Å². The molecule has 134 valence electrons. The van der Waals surface area contributed by atoms with Gasteiger partial charge in [-0.25, -0.2) is 0 Å². The predicted molar refractivity (Wildman–Crippen MR) is 88.6 cm³/mol. The Bertz CT molecular complexity index is 683. The minimum atomic E-state index is -1.12. The molecule has 1 saturated carbocycles. The van der Waals surface area contributed by atoms with E-state index in [1.807, 2.05) is 50.2 Å². The van der Waals surface area contributed by atoms with Crippen molar-refractivity contribution < 1.29 is 24.1 Å². The Morgan fingerprint density at radius 3 is 2.60 bits per heavy atom. The molecule has 6 nitrogen and oxygen atoms in total. The van der Waals surface area contributed by atoms with Crippen LogP contribution in [-0.4, -0.2) is 30.2 Å². The molecule has 25 heavy (non-hydrogen) atoms. The summed E-state index contributed by atoms with van der Waals surface area (Å²) in [6.45, 7) is 4.96. The van der Waals surface area contributed by atoms with Gasteiger partial charge in [0, 0.05) is 12.8 Å². The summed E-state index contributed by atoms with van der Waals surface area (Å²) in [6, 6.07) is 11.7. The molecule has 0 spiro atoms. The molecule has 1 aromatic rings. The Labute approximate surface area is 147 Å². The second kappa shape index (κ2) is 6.95. The molecule has 2 aliphatic rings. The van der Waals surface area contributed by atoms with E-state index < -0.39 is 17.3 Å². The van der Waals surface area contributed by atoms with Gasteiger partial charge in [-0.15, -0.1) is 0 Å². The summed E-state index contributed by atoms with van der Waals surface area (Å²) in [6.07, 6.45) is -0.413. The summed E-state index contributed by atoms with van der Waals surface area (Å²) in [7, 11) is 0. The quantitative estimate of drug-likeness (QED) is 0.693. The van der Waals surface area contributed by atoms with E-state index in [1.165, 1.54) is 0 Å². The highest BCUT2D eigenvalue weighted by Gasteiger charge is 2.80. The maximum absolute atomic E-state index is 9.92. The van der Waals surface area contributed by atoms with Crippen LogP contribution in [0.3, 0.4) is 0 Å². The summed E-state index contributed by atoms with van der Waals surface area (Å²) in [5.41, 5.74) is 0.335. The third kappa shape index (κ3) is 3.06. The molecule has 3 atom stereocenters. The van der Waals surface area contributed by atoms with Crippen molar-refractivity contribution in [3.05, 3.63) is 47.6 Å². The van der Waals surface area contributed by atoms with Gasteiger partial charge in [-0.3, -0.25) is 0 Å². The molecule has 6 heteroatoms. The van der Waals surface area contributed by atoms with Gasteiger partial charge in [0.05, 0.1) is 25.9 Å². The minimum absolute atomic E-state index is 0.185. The maximum atomic E-state index is 9.92. The first kappa shape index (κ1) is 17.6. The van der Waals surface area contributed by atoms with E-state index in [0.29, 0.717) is 37.9 Å². The highest BCUT2D eigenvalue weighted by molar-refractivity contribution is 5.35. The van der Waals surface area contributed by atoms with Crippen LogP contribution < -0.4 is 0 Å². The molecule has 2 unspecified atom stereocenters. The average Bonchev–Trinajstić information content (AvgIpc) is 3.18. The van der Waals surface area contributed by atoms with Gasteiger partial charge >= 0.3 is 5.95 Å². The van der Waals surface area contributed by atoms with E-state index in [1.54, 1.807) is 0 Å². The normalized spacial score (nSPS) is 27.9. The first-order valence-corrected chi connectivity index (χ1v) is 8.55. The Balaban J connectivity index is 1.83. The van der Waals surface area contributed by atoms with Crippen molar-refractivity contribution in [1.82, 2.24) is 0 Å². The van der Waals surface area contributed by atoms with E-state index in [4.69, 9.17) is 24.2 Å². The van der Waals surface area contributed by atoms with Gasteiger partial charge in [-0.05, 0) is 19.4 Å². The van der Waals surface area contributed by atoms with Crippen molar-refractivity contribution in [3.8, 4) is 6.07 Å². The molecule has 1 heterocycles. The Hall–Kier alpha value is -2.23. The van der Waals surface area contributed by atoms with Crippen LogP contribution >= 0.6 is 0 Å². The van der Waals surface area contributed by atoms with Gasteiger partial charge in [0.1, 0.15) is 11.5 Å². The molecule has 0 saturated heterocycles. The Morgan fingerprint density at radius 1 is 1.24 bits per heavy atom. The fourth-order valence-electron chi connectivity index (χ4n) is 3.39. The number of rotatable bonds is 9. The first-order chi connectivity index (χ1) is 12.1. The fourth-order valence-corrected chi connectivity index (χ4v) is 3.39. The molecule has 1 aliphatic heterocycles. The monoisotopic (exact) mass is 345 g/mol. The molecule has 0 amide bonds. The Kier molecular flexibility index (Phi) is 4.89. The summed E-state index contributed by atoms with van der Waals surface area (Å²) >= 11 is 0. The van der Waals surface area contributed by atoms with E-state index in [-0.39, 0.29) is 6.42 Å². The summed E-state index contributed by atoms with van der Waals surface area (Å²) in [5.74, 6) is -0.108. The highest BCUT2D eigenvalue weighted by atomic mass is 16.8. The van der Waals surface area contributed by atoms with Crippen LogP contribution in [0.4, 0.5) is 0 Å². The van der Waals surface area contributed by atoms with E-state index in [0.717, 1.165) is 5.56 Å². The van der Waals surface area contributed by atoms with Crippen LogP contribution in [0.15, 0.2) is 42.0 Å². The van der Waals surface area contributed by atoms with Gasteiger partial charge < -0.3 is 24.1 Å².